The van der Waals surface area contributed by atoms with Crippen LogP contribution in [0.1, 0.15) is 39.0 Å². The summed E-state index contributed by atoms with van der Waals surface area (Å²) in [7, 11) is 0. The van der Waals surface area contributed by atoms with E-state index in [0.29, 0.717) is 0 Å². The number of nitrogens with one attached hydrogen (secondary N) is 1. The molecule has 1 saturated carbocycles. The Bertz CT molecular complexity index is 249. The van der Waals surface area contributed by atoms with E-state index in [1.54, 1.807) is 6.92 Å². The van der Waals surface area contributed by atoms with Crippen LogP contribution in [0.3, 0.4) is 0 Å². The first kappa shape index (κ1) is 11.1. The number of hydrogen-bond donors (Lipinski definition) is 2. The zero-order valence-electron chi connectivity index (χ0n) is 8.68. The molecule has 1 fully saturated rings. The third kappa shape index (κ3) is 2.49. The van der Waals surface area contributed by atoms with Gasteiger partial charge in [0.05, 0.1) is 11.6 Å². The molecule has 0 spiro atoms. The summed E-state index contributed by atoms with van der Waals surface area (Å²) >= 11 is 0. The van der Waals surface area contributed by atoms with Crippen LogP contribution in [-0.2, 0) is 4.79 Å². The van der Waals surface area contributed by atoms with Crippen LogP contribution < -0.4 is 11.1 Å². The molecule has 0 aromatic heterocycles. The molecule has 0 bridgehead atoms. The number of amides is 1. The van der Waals surface area contributed by atoms with Gasteiger partial charge in [0.25, 0.3) is 0 Å². The fourth-order valence-corrected chi connectivity index (χ4v) is 1.79. The Balaban J connectivity index is 2.54. The van der Waals surface area contributed by atoms with E-state index in [1.165, 1.54) is 6.42 Å². The van der Waals surface area contributed by atoms with Crippen molar-refractivity contribution in [3.63, 3.8) is 0 Å². The van der Waals surface area contributed by atoms with Crippen molar-refractivity contribution < 1.29 is 4.79 Å². The zero-order valence-corrected chi connectivity index (χ0v) is 8.68. The number of carbonyl (C=O) groups is 1. The van der Waals surface area contributed by atoms with E-state index in [1.807, 2.05) is 0 Å². The second kappa shape index (κ2) is 4.47. The van der Waals surface area contributed by atoms with E-state index in [4.69, 9.17) is 12.2 Å². The molecule has 0 heterocycles. The number of rotatable bonds is 2. The maximum atomic E-state index is 11.8. The molecule has 1 unspecified atom stereocenters. The fraction of sp³-hybridized carbons (Fsp3) is 0.727. The van der Waals surface area contributed by atoms with Gasteiger partial charge in [0.2, 0.25) is 5.91 Å². The lowest BCUT2D eigenvalue weighted by Crippen LogP contribution is -2.56. The quantitative estimate of drug-likeness (QED) is 0.638. The van der Waals surface area contributed by atoms with Gasteiger partial charge < -0.3 is 11.1 Å². The molecule has 0 aliphatic heterocycles. The highest BCUT2D eigenvalue weighted by Gasteiger charge is 2.35. The van der Waals surface area contributed by atoms with E-state index < -0.39 is 5.54 Å². The standard InChI is InChI=1S/C11H18N2O/c1-3-9(2)13-10(14)11(12)7-5-4-6-8-11/h1,9H,4-8,12H2,2H3,(H,13,14). The van der Waals surface area contributed by atoms with Crippen LogP contribution in [0.15, 0.2) is 0 Å². The normalized spacial score (nSPS) is 22.1. The second-order valence-electron chi connectivity index (χ2n) is 4.08. The van der Waals surface area contributed by atoms with Crippen LogP contribution in [-0.4, -0.2) is 17.5 Å². The average molecular weight is 194 g/mol. The van der Waals surface area contributed by atoms with Gasteiger partial charge in [0, 0.05) is 0 Å². The maximum Gasteiger partial charge on any atom is 0.241 e. The summed E-state index contributed by atoms with van der Waals surface area (Å²) < 4.78 is 0. The van der Waals surface area contributed by atoms with E-state index in [9.17, 15) is 4.79 Å². The van der Waals surface area contributed by atoms with Crippen LogP contribution in [0, 0.1) is 12.3 Å². The van der Waals surface area contributed by atoms with Crippen molar-refractivity contribution in [1.29, 1.82) is 0 Å². The van der Waals surface area contributed by atoms with E-state index >= 15 is 0 Å². The Labute approximate surface area is 85.4 Å². The van der Waals surface area contributed by atoms with Crippen LogP contribution >= 0.6 is 0 Å². The monoisotopic (exact) mass is 194 g/mol. The Morgan fingerprint density at radius 2 is 2.07 bits per heavy atom. The maximum absolute atomic E-state index is 11.8. The molecule has 1 aliphatic rings. The summed E-state index contributed by atoms with van der Waals surface area (Å²) in [5.74, 6) is 2.37. The Morgan fingerprint density at radius 1 is 1.50 bits per heavy atom. The minimum Gasteiger partial charge on any atom is -0.341 e. The molecule has 0 aromatic carbocycles. The molecular weight excluding hydrogens is 176 g/mol. The highest BCUT2D eigenvalue weighted by molar-refractivity contribution is 5.86. The Hall–Kier alpha value is -1.01. The molecule has 1 amide bonds. The van der Waals surface area contributed by atoms with Gasteiger partial charge in [0.15, 0.2) is 0 Å². The SMILES string of the molecule is C#CC(C)NC(=O)C1(N)CCCCC1. The summed E-state index contributed by atoms with van der Waals surface area (Å²) in [5.41, 5.74) is 5.35. The van der Waals surface area contributed by atoms with Gasteiger partial charge >= 0.3 is 0 Å². The van der Waals surface area contributed by atoms with Crippen molar-refractivity contribution >= 4 is 5.91 Å². The molecule has 3 N–H and O–H groups in total. The molecule has 14 heavy (non-hydrogen) atoms. The minimum absolute atomic E-state index is 0.0948. The Morgan fingerprint density at radius 3 is 2.57 bits per heavy atom. The van der Waals surface area contributed by atoms with Crippen molar-refractivity contribution in [1.82, 2.24) is 5.32 Å². The summed E-state index contributed by atoms with van der Waals surface area (Å²) in [6, 6.07) is -0.232. The first-order valence-electron chi connectivity index (χ1n) is 5.14. The van der Waals surface area contributed by atoms with E-state index in [-0.39, 0.29) is 11.9 Å². The van der Waals surface area contributed by atoms with Crippen molar-refractivity contribution in [2.75, 3.05) is 0 Å². The lowest BCUT2D eigenvalue weighted by atomic mass is 9.82. The molecule has 1 atom stereocenters. The van der Waals surface area contributed by atoms with Gasteiger partial charge in [-0.25, -0.2) is 0 Å². The first-order valence-corrected chi connectivity index (χ1v) is 5.14. The Kier molecular flexibility index (Phi) is 3.54. The first-order chi connectivity index (χ1) is 6.58. The van der Waals surface area contributed by atoms with E-state index in [2.05, 4.69) is 11.2 Å². The second-order valence-corrected chi connectivity index (χ2v) is 4.08. The van der Waals surface area contributed by atoms with Gasteiger partial charge in [-0.1, -0.05) is 25.2 Å². The largest absolute Gasteiger partial charge is 0.341 e. The van der Waals surface area contributed by atoms with Gasteiger partial charge in [-0.2, -0.15) is 0 Å². The van der Waals surface area contributed by atoms with Gasteiger partial charge in [-0.15, -0.1) is 6.42 Å². The third-order valence-electron chi connectivity index (χ3n) is 2.80. The van der Waals surface area contributed by atoms with Gasteiger partial charge in [-0.3, -0.25) is 4.79 Å². The van der Waals surface area contributed by atoms with E-state index in [0.717, 1.165) is 25.7 Å². The highest BCUT2D eigenvalue weighted by Crippen LogP contribution is 2.25. The van der Waals surface area contributed by atoms with Crippen LogP contribution in [0.5, 0.6) is 0 Å². The van der Waals surface area contributed by atoms with Crippen molar-refractivity contribution in [2.45, 2.75) is 50.6 Å². The zero-order chi connectivity index (χ0) is 10.6. The van der Waals surface area contributed by atoms with Gasteiger partial charge in [-0.05, 0) is 19.8 Å². The third-order valence-corrected chi connectivity index (χ3v) is 2.80. The van der Waals surface area contributed by atoms with Gasteiger partial charge in [0.1, 0.15) is 0 Å². The predicted molar refractivity (Wildman–Crippen MR) is 56.4 cm³/mol. The van der Waals surface area contributed by atoms with Crippen molar-refractivity contribution in [2.24, 2.45) is 5.73 Å². The minimum atomic E-state index is -0.677. The van der Waals surface area contributed by atoms with Crippen molar-refractivity contribution in [3.8, 4) is 12.3 Å². The summed E-state index contributed by atoms with van der Waals surface area (Å²) in [6.07, 6.45) is 9.98. The summed E-state index contributed by atoms with van der Waals surface area (Å²) in [4.78, 5) is 11.8. The topological polar surface area (TPSA) is 55.1 Å². The lowest BCUT2D eigenvalue weighted by molar-refractivity contribution is -0.127. The summed E-state index contributed by atoms with van der Waals surface area (Å²) in [5, 5.41) is 2.74. The van der Waals surface area contributed by atoms with Crippen LogP contribution in [0.25, 0.3) is 0 Å². The smallest absolute Gasteiger partial charge is 0.241 e. The molecular formula is C11H18N2O. The predicted octanol–water partition coefficient (Wildman–Crippen LogP) is 0.786. The molecule has 78 valence electrons. The van der Waals surface area contributed by atoms with Crippen LogP contribution in [0.4, 0.5) is 0 Å². The lowest BCUT2D eigenvalue weighted by Gasteiger charge is -2.32. The van der Waals surface area contributed by atoms with Crippen LogP contribution in [0.2, 0.25) is 0 Å². The molecule has 3 nitrogen and oxygen atoms in total. The fourth-order valence-electron chi connectivity index (χ4n) is 1.79. The van der Waals surface area contributed by atoms with Crippen molar-refractivity contribution in [3.05, 3.63) is 0 Å². The summed E-state index contributed by atoms with van der Waals surface area (Å²) in [6.45, 7) is 1.78. The number of terminal acetylenes is 1. The molecule has 0 aromatic rings. The highest BCUT2D eigenvalue weighted by atomic mass is 16.2. The number of nitrogens with two attached hydrogens (primary N) is 1. The molecule has 3 heteroatoms. The number of hydrogen-bond acceptors (Lipinski definition) is 2. The number of carbonyl (C=O) groups excluding carboxylic acids is 1. The molecule has 1 aliphatic carbocycles. The molecule has 0 radical (unpaired) electrons. The average Bonchev–Trinajstić information content (AvgIpc) is 2.18. The molecule has 1 rings (SSSR count). The molecule has 0 saturated heterocycles.